The zero-order valence-electron chi connectivity index (χ0n) is 18.6. The smallest absolute Gasteiger partial charge is 0.428 e. The molecule has 0 fully saturated rings. The highest BCUT2D eigenvalue weighted by atomic mass is 127. The molecule has 0 radical (unpaired) electrons. The highest BCUT2D eigenvalue weighted by molar-refractivity contribution is 14.0. The maximum Gasteiger partial charge on any atom is 0.519 e. The van der Waals surface area contributed by atoms with Crippen LogP contribution in [0.5, 0.6) is 0 Å². The minimum absolute atomic E-state index is 0. The fraction of sp³-hybridized carbons (Fsp3) is 0.800. The highest BCUT2D eigenvalue weighted by Gasteiger charge is 2.24. The third-order valence-corrected chi connectivity index (χ3v) is 3.10. The molecular formula is C20H37IN2O5. The summed E-state index contributed by atoms with van der Waals surface area (Å²) in [5.74, 6) is 0. The van der Waals surface area contributed by atoms with Crippen molar-refractivity contribution >= 4 is 47.7 Å². The molecule has 2 rings (SSSR count). The summed E-state index contributed by atoms with van der Waals surface area (Å²) in [5, 5.41) is 0. The quantitative estimate of drug-likeness (QED) is 0.227. The monoisotopic (exact) mass is 512 g/mol. The van der Waals surface area contributed by atoms with Gasteiger partial charge in [-0.25, -0.2) is 9.59 Å². The molecule has 0 aliphatic carbocycles. The van der Waals surface area contributed by atoms with Gasteiger partial charge in [0.2, 0.25) is 0 Å². The van der Waals surface area contributed by atoms with E-state index in [2.05, 4.69) is 28.6 Å². The Hall–Kier alpha value is -1.19. The predicted molar refractivity (Wildman–Crippen MR) is 123 cm³/mol. The van der Waals surface area contributed by atoms with Crippen molar-refractivity contribution in [3.8, 4) is 0 Å². The van der Waals surface area contributed by atoms with Gasteiger partial charge in [0.1, 0.15) is 11.2 Å². The van der Waals surface area contributed by atoms with E-state index in [1.54, 1.807) is 41.5 Å². The molecule has 8 heteroatoms. The summed E-state index contributed by atoms with van der Waals surface area (Å²) in [6.07, 6.45) is 2.92. The van der Waals surface area contributed by atoms with Crippen LogP contribution >= 0.6 is 24.0 Å². The van der Waals surface area contributed by atoms with Crippen LogP contribution in [0.4, 0.5) is 9.59 Å². The summed E-state index contributed by atoms with van der Waals surface area (Å²) in [6.45, 7) is 16.4. The molecule has 0 amide bonds. The zero-order valence-corrected chi connectivity index (χ0v) is 20.9. The minimum Gasteiger partial charge on any atom is -0.428 e. The fourth-order valence-electron chi connectivity index (χ4n) is 1.98. The van der Waals surface area contributed by atoms with E-state index in [9.17, 15) is 9.59 Å². The summed E-state index contributed by atoms with van der Waals surface area (Å²) >= 11 is 0. The molecule has 0 saturated carbocycles. The van der Waals surface area contributed by atoms with Crippen LogP contribution in [-0.4, -0.2) is 48.0 Å². The van der Waals surface area contributed by atoms with E-state index in [1.165, 1.54) is 37.1 Å². The molecular weight excluding hydrogens is 475 g/mol. The van der Waals surface area contributed by atoms with Crippen LogP contribution in [0.3, 0.4) is 0 Å². The Labute approximate surface area is 186 Å². The number of ether oxygens (including phenoxy) is 3. The molecule has 0 aromatic rings. The average molecular weight is 512 g/mol. The number of aliphatic imine (C=N–C) groups is 2. The number of hydrogen-bond acceptors (Lipinski definition) is 7. The maximum atomic E-state index is 11.0. The van der Waals surface area contributed by atoms with Crippen LogP contribution in [0.1, 0.15) is 81.1 Å². The SMILES string of the molecule is CC(C)(C)OC(=O)OC(=O)OC(C)(C)C.CC1=NCCC1.CC1=NCCC1.I. The Morgan fingerprint density at radius 3 is 1.21 bits per heavy atom. The second-order valence-electron chi connectivity index (χ2n) is 8.47. The largest absolute Gasteiger partial charge is 0.519 e. The molecule has 2 aliphatic heterocycles. The summed E-state index contributed by atoms with van der Waals surface area (Å²) < 4.78 is 13.8. The number of hydrogen-bond donors (Lipinski definition) is 0. The van der Waals surface area contributed by atoms with Crippen LogP contribution in [0.15, 0.2) is 9.98 Å². The van der Waals surface area contributed by atoms with E-state index in [1.807, 2.05) is 0 Å². The first-order valence-corrected chi connectivity index (χ1v) is 9.42. The van der Waals surface area contributed by atoms with E-state index < -0.39 is 23.5 Å². The first kappa shape index (κ1) is 29.0. The molecule has 28 heavy (non-hydrogen) atoms. The Balaban J connectivity index is 0. The summed E-state index contributed by atoms with van der Waals surface area (Å²) in [4.78, 5) is 30.3. The second kappa shape index (κ2) is 13.9. The van der Waals surface area contributed by atoms with Crippen LogP contribution < -0.4 is 0 Å². The lowest BCUT2D eigenvalue weighted by atomic mass is 10.2. The Morgan fingerprint density at radius 1 is 0.750 bits per heavy atom. The van der Waals surface area contributed by atoms with E-state index in [0.29, 0.717) is 0 Å². The van der Waals surface area contributed by atoms with Gasteiger partial charge in [-0.05, 0) is 81.1 Å². The predicted octanol–water partition coefficient (Wildman–Crippen LogP) is 5.97. The molecule has 0 bridgehead atoms. The van der Waals surface area contributed by atoms with E-state index in [0.717, 1.165) is 13.1 Å². The minimum atomic E-state index is -1.06. The summed E-state index contributed by atoms with van der Waals surface area (Å²) in [6, 6.07) is 0. The molecule has 0 spiro atoms. The zero-order chi connectivity index (χ0) is 21.1. The molecule has 0 aromatic heterocycles. The van der Waals surface area contributed by atoms with Gasteiger partial charge >= 0.3 is 12.3 Å². The van der Waals surface area contributed by atoms with Crippen LogP contribution in [0.2, 0.25) is 0 Å². The van der Waals surface area contributed by atoms with Gasteiger partial charge in [0, 0.05) is 24.5 Å². The van der Waals surface area contributed by atoms with Crippen LogP contribution in [0.25, 0.3) is 0 Å². The van der Waals surface area contributed by atoms with Gasteiger partial charge in [0.05, 0.1) is 0 Å². The number of rotatable bonds is 0. The average Bonchev–Trinajstić information content (AvgIpc) is 3.09. The topological polar surface area (TPSA) is 86.5 Å². The van der Waals surface area contributed by atoms with Gasteiger partial charge < -0.3 is 14.2 Å². The third kappa shape index (κ3) is 19.6. The molecule has 164 valence electrons. The Morgan fingerprint density at radius 2 is 1.07 bits per heavy atom. The van der Waals surface area contributed by atoms with Crippen LogP contribution in [-0.2, 0) is 14.2 Å². The lowest BCUT2D eigenvalue weighted by molar-refractivity contribution is -0.0293. The first-order chi connectivity index (χ1) is 12.3. The van der Waals surface area contributed by atoms with Crippen molar-refractivity contribution in [1.29, 1.82) is 0 Å². The highest BCUT2D eigenvalue weighted by Crippen LogP contribution is 2.11. The van der Waals surface area contributed by atoms with Gasteiger partial charge in [0.15, 0.2) is 0 Å². The van der Waals surface area contributed by atoms with Crippen molar-refractivity contribution in [2.24, 2.45) is 9.98 Å². The summed E-state index contributed by atoms with van der Waals surface area (Å²) in [5.41, 5.74) is 1.27. The van der Waals surface area contributed by atoms with Crippen LogP contribution in [0, 0.1) is 0 Å². The molecule has 0 N–H and O–H groups in total. The standard InChI is InChI=1S/C10H18O5.2C5H9N.HI/c1-9(2,3)14-7(11)13-8(12)15-10(4,5)6;2*1-5-3-2-4-6-5;/h1-6H3;2*2-4H2,1H3;1H. The van der Waals surface area contributed by atoms with Crippen molar-refractivity contribution in [2.45, 2.75) is 92.3 Å². The molecule has 0 aromatic carbocycles. The lowest BCUT2D eigenvalue weighted by Gasteiger charge is -2.20. The number of carbonyl (C=O) groups excluding carboxylic acids is 2. The van der Waals surface area contributed by atoms with E-state index in [-0.39, 0.29) is 24.0 Å². The van der Waals surface area contributed by atoms with Gasteiger partial charge in [-0.1, -0.05) is 0 Å². The van der Waals surface area contributed by atoms with Crippen molar-refractivity contribution < 1.29 is 23.8 Å². The third-order valence-electron chi connectivity index (χ3n) is 3.10. The van der Waals surface area contributed by atoms with E-state index >= 15 is 0 Å². The van der Waals surface area contributed by atoms with Gasteiger partial charge in [-0.15, -0.1) is 24.0 Å². The summed E-state index contributed by atoms with van der Waals surface area (Å²) in [7, 11) is 0. The molecule has 2 aliphatic rings. The number of carbonyl (C=O) groups is 2. The van der Waals surface area contributed by atoms with Gasteiger partial charge in [0.25, 0.3) is 0 Å². The van der Waals surface area contributed by atoms with Crippen molar-refractivity contribution in [2.75, 3.05) is 13.1 Å². The molecule has 7 nitrogen and oxygen atoms in total. The first-order valence-electron chi connectivity index (χ1n) is 9.42. The molecule has 0 atom stereocenters. The Bertz CT molecular complexity index is 498. The van der Waals surface area contributed by atoms with Crippen molar-refractivity contribution in [1.82, 2.24) is 0 Å². The fourth-order valence-corrected chi connectivity index (χ4v) is 1.98. The number of nitrogens with zero attached hydrogens (tertiary/aromatic N) is 2. The van der Waals surface area contributed by atoms with Gasteiger partial charge in [-0.2, -0.15) is 0 Å². The molecule has 0 unspecified atom stereocenters. The molecule has 0 saturated heterocycles. The van der Waals surface area contributed by atoms with Crippen molar-refractivity contribution in [3.63, 3.8) is 0 Å². The van der Waals surface area contributed by atoms with E-state index in [4.69, 9.17) is 9.47 Å². The van der Waals surface area contributed by atoms with Crippen molar-refractivity contribution in [3.05, 3.63) is 0 Å². The number of halogens is 1. The normalized spacial score (nSPS) is 15.4. The lowest BCUT2D eigenvalue weighted by Crippen LogP contribution is -2.29. The maximum absolute atomic E-state index is 11.0. The van der Waals surface area contributed by atoms with Gasteiger partial charge in [-0.3, -0.25) is 9.98 Å². The molecule has 2 heterocycles. The second-order valence-corrected chi connectivity index (χ2v) is 8.47. The Kier molecular flexibility index (Phi) is 14.4.